The van der Waals surface area contributed by atoms with E-state index in [0.717, 1.165) is 42.1 Å². The standard InChI is InChI=1S/C28H39N5O6S/c1-18(2)14-24(32-40(37,38)33-12-8-4-5-9-13-33)27(36)30-25(28-31-23(16-26(34)35)19(3)39-28)15-20-17-29-22-11-7-6-10-21(20)22/h6-7,10-11,17-18,24-25,29,32H,4-5,8-9,12-16H2,1-3H3,(H,30,36)(H,34,35)/t24-,25+/m0/s1. The molecule has 4 N–H and O–H groups in total. The number of para-hydroxylation sites is 1. The summed E-state index contributed by atoms with van der Waals surface area (Å²) in [4.78, 5) is 32.7. The van der Waals surface area contributed by atoms with E-state index in [1.165, 1.54) is 4.31 Å². The molecule has 218 valence electrons. The zero-order valence-corrected chi connectivity index (χ0v) is 24.1. The molecule has 0 saturated carbocycles. The SMILES string of the molecule is Cc1oc([C@@H](Cc2c[nH]c3ccccc23)NC(=O)[C@H](CC(C)C)NS(=O)(=O)N2CCCCCC2)nc1CC(=O)O. The van der Waals surface area contributed by atoms with Gasteiger partial charge in [0.15, 0.2) is 0 Å². The van der Waals surface area contributed by atoms with E-state index < -0.39 is 34.2 Å². The summed E-state index contributed by atoms with van der Waals surface area (Å²) in [7, 11) is -3.88. The number of fused-ring (bicyclic) bond motifs is 1. The van der Waals surface area contributed by atoms with Crippen molar-refractivity contribution in [1.82, 2.24) is 24.3 Å². The van der Waals surface area contributed by atoms with E-state index in [9.17, 15) is 23.1 Å². The van der Waals surface area contributed by atoms with Crippen LogP contribution in [0.3, 0.4) is 0 Å². The van der Waals surface area contributed by atoms with Crippen molar-refractivity contribution in [3.8, 4) is 0 Å². The third kappa shape index (κ3) is 7.49. The first-order chi connectivity index (χ1) is 19.0. The molecule has 1 aromatic carbocycles. The van der Waals surface area contributed by atoms with Crippen LogP contribution in [0.1, 0.15) is 74.9 Å². The normalized spacial score (nSPS) is 16.6. The van der Waals surface area contributed by atoms with Crippen LogP contribution in [-0.4, -0.2) is 58.8 Å². The minimum atomic E-state index is -3.88. The van der Waals surface area contributed by atoms with Crippen molar-refractivity contribution in [3.63, 3.8) is 0 Å². The van der Waals surface area contributed by atoms with Crippen molar-refractivity contribution < 1.29 is 27.5 Å². The molecule has 0 spiro atoms. The van der Waals surface area contributed by atoms with Gasteiger partial charge in [0.1, 0.15) is 17.8 Å². The van der Waals surface area contributed by atoms with Gasteiger partial charge in [-0.25, -0.2) is 4.98 Å². The molecule has 1 aliphatic heterocycles. The Morgan fingerprint density at radius 3 is 2.52 bits per heavy atom. The molecule has 1 aliphatic rings. The number of carboxylic acids is 1. The summed E-state index contributed by atoms with van der Waals surface area (Å²) in [6, 6.07) is 5.99. The molecule has 0 radical (unpaired) electrons. The number of carbonyl (C=O) groups is 2. The lowest BCUT2D eigenvalue weighted by Crippen LogP contribution is -2.52. The van der Waals surface area contributed by atoms with Gasteiger partial charge in [-0.05, 0) is 43.7 Å². The van der Waals surface area contributed by atoms with Gasteiger partial charge in [-0.1, -0.05) is 44.9 Å². The third-order valence-corrected chi connectivity index (χ3v) is 8.79. The molecule has 4 rings (SSSR count). The van der Waals surface area contributed by atoms with Crippen molar-refractivity contribution in [2.45, 2.75) is 77.8 Å². The summed E-state index contributed by atoms with van der Waals surface area (Å²) in [5, 5.41) is 13.2. The molecular weight excluding hydrogens is 534 g/mol. The van der Waals surface area contributed by atoms with Crippen molar-refractivity contribution in [3.05, 3.63) is 53.4 Å². The number of rotatable bonds is 12. The minimum absolute atomic E-state index is 0.0424. The number of amides is 1. The van der Waals surface area contributed by atoms with Crippen LogP contribution in [-0.2, 0) is 32.6 Å². The molecule has 2 aromatic heterocycles. The first-order valence-corrected chi connectivity index (χ1v) is 15.3. The van der Waals surface area contributed by atoms with Crippen LogP contribution < -0.4 is 10.0 Å². The van der Waals surface area contributed by atoms with Crippen molar-refractivity contribution in [2.75, 3.05) is 13.1 Å². The molecule has 2 atom stereocenters. The number of oxazole rings is 1. The lowest BCUT2D eigenvalue weighted by molar-refractivity contribution is -0.136. The fraction of sp³-hybridized carbons (Fsp3) is 0.536. The second kappa shape index (κ2) is 13.0. The average Bonchev–Trinajstić information content (AvgIpc) is 3.32. The van der Waals surface area contributed by atoms with Gasteiger partial charge in [0.25, 0.3) is 10.2 Å². The Labute approximate surface area is 234 Å². The lowest BCUT2D eigenvalue weighted by Gasteiger charge is -2.26. The van der Waals surface area contributed by atoms with E-state index in [0.29, 0.717) is 31.7 Å². The number of aryl methyl sites for hydroxylation is 1. The number of hydrogen-bond donors (Lipinski definition) is 4. The van der Waals surface area contributed by atoms with Crippen molar-refractivity contribution in [2.24, 2.45) is 5.92 Å². The minimum Gasteiger partial charge on any atom is -0.481 e. The predicted molar refractivity (Wildman–Crippen MR) is 151 cm³/mol. The van der Waals surface area contributed by atoms with Gasteiger partial charge in [0.05, 0.1) is 12.1 Å². The molecule has 0 bridgehead atoms. The number of nitrogens with zero attached hydrogens (tertiary/aromatic N) is 2. The number of carbonyl (C=O) groups excluding carboxylic acids is 1. The van der Waals surface area contributed by atoms with E-state index in [1.807, 2.05) is 44.3 Å². The number of aliphatic carboxylic acids is 1. The summed E-state index contributed by atoms with van der Waals surface area (Å²) in [5.41, 5.74) is 2.11. The van der Waals surface area contributed by atoms with Gasteiger partial charge in [-0.3, -0.25) is 9.59 Å². The first kappa shape index (κ1) is 29.8. The Morgan fingerprint density at radius 2 is 1.85 bits per heavy atom. The molecule has 1 fully saturated rings. The highest BCUT2D eigenvalue weighted by atomic mass is 32.2. The highest BCUT2D eigenvalue weighted by molar-refractivity contribution is 7.87. The van der Waals surface area contributed by atoms with Gasteiger partial charge in [0.2, 0.25) is 11.8 Å². The zero-order chi connectivity index (χ0) is 28.9. The fourth-order valence-corrected chi connectivity index (χ4v) is 6.57. The summed E-state index contributed by atoms with van der Waals surface area (Å²) in [5.74, 6) is -0.962. The number of nitrogens with one attached hydrogen (secondary N) is 3. The van der Waals surface area contributed by atoms with Crippen molar-refractivity contribution >= 4 is 33.0 Å². The van der Waals surface area contributed by atoms with E-state index in [-0.39, 0.29) is 23.9 Å². The number of aromatic nitrogens is 2. The topological polar surface area (TPSA) is 158 Å². The monoisotopic (exact) mass is 573 g/mol. The zero-order valence-electron chi connectivity index (χ0n) is 23.3. The number of aromatic amines is 1. The summed E-state index contributed by atoms with van der Waals surface area (Å²) in [6.45, 7) is 6.35. The number of H-pyrrole nitrogens is 1. The Morgan fingerprint density at radius 1 is 1.15 bits per heavy atom. The maximum Gasteiger partial charge on any atom is 0.309 e. The van der Waals surface area contributed by atoms with Gasteiger partial charge in [-0.15, -0.1) is 0 Å². The number of benzene rings is 1. The Kier molecular flexibility index (Phi) is 9.64. The van der Waals surface area contributed by atoms with E-state index in [4.69, 9.17) is 4.42 Å². The van der Waals surface area contributed by atoms with Crippen molar-refractivity contribution in [1.29, 1.82) is 0 Å². The van der Waals surface area contributed by atoms with E-state index in [1.54, 1.807) is 6.92 Å². The summed E-state index contributed by atoms with van der Waals surface area (Å²) < 4.78 is 36.5. The van der Waals surface area contributed by atoms with Crippen LogP contribution in [0.4, 0.5) is 0 Å². The van der Waals surface area contributed by atoms with Gasteiger partial charge in [-0.2, -0.15) is 17.4 Å². The molecule has 1 amide bonds. The van der Waals surface area contributed by atoms with E-state index >= 15 is 0 Å². The molecule has 40 heavy (non-hydrogen) atoms. The molecule has 0 aliphatic carbocycles. The van der Waals surface area contributed by atoms with E-state index in [2.05, 4.69) is 20.0 Å². The highest BCUT2D eigenvalue weighted by Crippen LogP contribution is 2.26. The van der Waals surface area contributed by atoms with Crippen LogP contribution >= 0.6 is 0 Å². The lowest BCUT2D eigenvalue weighted by atomic mass is 10.0. The molecule has 0 unspecified atom stereocenters. The van der Waals surface area contributed by atoms with Gasteiger partial charge >= 0.3 is 5.97 Å². The quantitative estimate of drug-likeness (QED) is 0.258. The predicted octanol–water partition coefficient (Wildman–Crippen LogP) is 3.62. The molecular formula is C28H39N5O6S. The summed E-state index contributed by atoms with van der Waals surface area (Å²) in [6.07, 6.45) is 5.69. The first-order valence-electron chi connectivity index (χ1n) is 13.8. The maximum absolute atomic E-state index is 13.7. The smallest absolute Gasteiger partial charge is 0.309 e. The second-order valence-electron chi connectivity index (χ2n) is 10.9. The Bertz CT molecular complexity index is 1420. The van der Waals surface area contributed by atoms with Crippen LogP contribution in [0.5, 0.6) is 0 Å². The second-order valence-corrected chi connectivity index (χ2v) is 12.6. The van der Waals surface area contributed by atoms with Crippen LogP contribution in [0, 0.1) is 12.8 Å². The molecule has 11 nitrogen and oxygen atoms in total. The average molecular weight is 574 g/mol. The number of carboxylic acid groups (broad SMARTS) is 1. The van der Waals surface area contributed by atoms with Gasteiger partial charge in [0, 0.05) is 36.6 Å². The molecule has 3 heterocycles. The number of hydrogen-bond acceptors (Lipinski definition) is 6. The molecule has 3 aromatic rings. The fourth-order valence-electron chi connectivity index (χ4n) is 5.12. The van der Waals surface area contributed by atoms with Crippen LogP contribution in [0.25, 0.3) is 10.9 Å². The van der Waals surface area contributed by atoms with Crippen LogP contribution in [0.2, 0.25) is 0 Å². The Hall–Kier alpha value is -3.22. The Balaban J connectivity index is 1.62. The van der Waals surface area contributed by atoms with Gasteiger partial charge < -0.3 is 19.8 Å². The third-order valence-electron chi connectivity index (χ3n) is 7.16. The largest absolute Gasteiger partial charge is 0.481 e. The summed E-state index contributed by atoms with van der Waals surface area (Å²) >= 11 is 0. The molecule has 12 heteroatoms. The maximum atomic E-state index is 13.7. The van der Waals surface area contributed by atoms with Crippen LogP contribution in [0.15, 0.2) is 34.9 Å². The highest BCUT2D eigenvalue weighted by Gasteiger charge is 2.32. The molecule has 1 saturated heterocycles.